The number of hydrogen-bond acceptors (Lipinski definition) is 2. The number of nitrogens with one attached hydrogen (secondary N) is 1. The highest BCUT2D eigenvalue weighted by atomic mass is 19.1. The van der Waals surface area contributed by atoms with E-state index < -0.39 is 0 Å². The first kappa shape index (κ1) is 10.9. The summed E-state index contributed by atoms with van der Waals surface area (Å²) in [5.74, 6) is -0.123. The maximum atomic E-state index is 13.0. The van der Waals surface area contributed by atoms with Gasteiger partial charge in [-0.3, -0.25) is 4.79 Å². The van der Waals surface area contributed by atoms with Crippen LogP contribution >= 0.6 is 0 Å². The van der Waals surface area contributed by atoms with E-state index in [2.05, 4.69) is 5.32 Å². The lowest BCUT2D eigenvalue weighted by atomic mass is 10.2. The fourth-order valence-corrected chi connectivity index (χ4v) is 1.89. The van der Waals surface area contributed by atoms with Crippen LogP contribution in [-0.2, 0) is 4.79 Å². The smallest absolute Gasteiger partial charge is 0.244 e. The highest BCUT2D eigenvalue weighted by Crippen LogP contribution is 2.18. The first-order valence-corrected chi connectivity index (χ1v) is 5.35. The molecule has 1 aromatic carbocycles. The lowest BCUT2D eigenvalue weighted by Gasteiger charge is -2.13. The van der Waals surface area contributed by atoms with Gasteiger partial charge in [-0.1, -0.05) is 0 Å². The molecule has 1 N–H and O–H groups in total. The number of carbonyl (C=O) groups excluding carboxylic acids is 1. The number of hydrogen-bond donors (Lipinski definition) is 1. The van der Waals surface area contributed by atoms with Crippen molar-refractivity contribution >= 4 is 11.6 Å². The second kappa shape index (κ2) is 4.12. The van der Waals surface area contributed by atoms with Gasteiger partial charge in [0.25, 0.3) is 0 Å². The average Bonchev–Trinajstić information content (AvgIpc) is 2.55. The average molecular weight is 222 g/mol. The van der Waals surface area contributed by atoms with Crippen LogP contribution in [0.2, 0.25) is 0 Å². The van der Waals surface area contributed by atoms with Crippen molar-refractivity contribution in [3.63, 3.8) is 0 Å². The molecule has 0 radical (unpaired) electrons. The summed E-state index contributed by atoms with van der Waals surface area (Å²) < 4.78 is 13.0. The number of amides is 1. The van der Waals surface area contributed by atoms with Gasteiger partial charge in [0.05, 0.1) is 0 Å². The van der Waals surface area contributed by atoms with Crippen molar-refractivity contribution in [2.45, 2.75) is 19.4 Å². The van der Waals surface area contributed by atoms with E-state index in [9.17, 15) is 9.18 Å². The SMILES string of the molecule is Cc1cc(NC2CCN(C)C2=O)ccc1F. The van der Waals surface area contributed by atoms with Gasteiger partial charge in [-0.15, -0.1) is 0 Å². The molecule has 1 atom stereocenters. The Morgan fingerprint density at radius 3 is 2.81 bits per heavy atom. The molecule has 16 heavy (non-hydrogen) atoms. The van der Waals surface area contributed by atoms with Crippen LogP contribution in [0.5, 0.6) is 0 Å². The van der Waals surface area contributed by atoms with Crippen LogP contribution in [0.1, 0.15) is 12.0 Å². The van der Waals surface area contributed by atoms with Gasteiger partial charge in [0.1, 0.15) is 11.9 Å². The lowest BCUT2D eigenvalue weighted by molar-refractivity contribution is -0.127. The minimum atomic E-state index is -0.222. The number of benzene rings is 1. The van der Waals surface area contributed by atoms with Crippen LogP contribution in [0, 0.1) is 12.7 Å². The van der Waals surface area contributed by atoms with E-state index in [0.717, 1.165) is 18.7 Å². The van der Waals surface area contributed by atoms with Crippen LogP contribution in [0.15, 0.2) is 18.2 Å². The van der Waals surface area contributed by atoms with E-state index in [4.69, 9.17) is 0 Å². The van der Waals surface area contributed by atoms with Gasteiger partial charge in [-0.2, -0.15) is 0 Å². The molecule has 0 bridgehead atoms. The Bertz CT molecular complexity index is 419. The number of likely N-dealkylation sites (N-methyl/N-ethyl adjacent to an activating group) is 1. The molecule has 0 saturated carbocycles. The molecule has 1 fully saturated rings. The van der Waals surface area contributed by atoms with E-state index >= 15 is 0 Å². The van der Waals surface area contributed by atoms with Crippen molar-refractivity contribution in [2.24, 2.45) is 0 Å². The van der Waals surface area contributed by atoms with Crippen molar-refractivity contribution in [1.82, 2.24) is 4.90 Å². The van der Waals surface area contributed by atoms with Crippen molar-refractivity contribution in [3.05, 3.63) is 29.6 Å². The number of likely N-dealkylation sites (tertiary alicyclic amines) is 1. The number of nitrogens with zero attached hydrogens (tertiary/aromatic N) is 1. The first-order chi connectivity index (χ1) is 7.58. The van der Waals surface area contributed by atoms with Crippen LogP contribution in [-0.4, -0.2) is 30.4 Å². The summed E-state index contributed by atoms with van der Waals surface area (Å²) >= 11 is 0. The predicted molar refractivity (Wildman–Crippen MR) is 60.8 cm³/mol. The summed E-state index contributed by atoms with van der Waals surface area (Å²) in [6, 6.07) is 4.63. The van der Waals surface area contributed by atoms with Gasteiger partial charge in [-0.05, 0) is 37.1 Å². The number of rotatable bonds is 2. The van der Waals surface area contributed by atoms with E-state index in [1.807, 2.05) is 0 Å². The molecule has 1 unspecified atom stereocenters. The Labute approximate surface area is 94.3 Å². The van der Waals surface area contributed by atoms with Gasteiger partial charge in [0.15, 0.2) is 0 Å². The van der Waals surface area contributed by atoms with Crippen LogP contribution in [0.25, 0.3) is 0 Å². The van der Waals surface area contributed by atoms with Gasteiger partial charge in [-0.25, -0.2) is 4.39 Å². The van der Waals surface area contributed by atoms with Crippen molar-refractivity contribution in [1.29, 1.82) is 0 Å². The van der Waals surface area contributed by atoms with Crippen molar-refractivity contribution < 1.29 is 9.18 Å². The van der Waals surface area contributed by atoms with E-state index in [0.29, 0.717) is 5.56 Å². The molecule has 2 rings (SSSR count). The molecule has 1 amide bonds. The molecule has 0 aliphatic carbocycles. The summed E-state index contributed by atoms with van der Waals surface area (Å²) in [5, 5.41) is 3.13. The van der Waals surface area contributed by atoms with Gasteiger partial charge in [0.2, 0.25) is 5.91 Å². The van der Waals surface area contributed by atoms with E-state index in [1.54, 1.807) is 31.0 Å². The second-order valence-electron chi connectivity index (χ2n) is 4.21. The number of halogens is 1. The fraction of sp³-hybridized carbons (Fsp3) is 0.417. The van der Waals surface area contributed by atoms with E-state index in [-0.39, 0.29) is 17.8 Å². The third kappa shape index (κ3) is 2.01. The normalized spacial score (nSPS) is 20.3. The third-order valence-electron chi connectivity index (χ3n) is 2.93. The van der Waals surface area contributed by atoms with Gasteiger partial charge < -0.3 is 10.2 Å². The fourth-order valence-electron chi connectivity index (χ4n) is 1.89. The molecule has 4 heteroatoms. The van der Waals surface area contributed by atoms with E-state index in [1.165, 1.54) is 6.07 Å². The zero-order chi connectivity index (χ0) is 11.7. The molecule has 1 saturated heterocycles. The largest absolute Gasteiger partial charge is 0.374 e. The molecule has 0 aromatic heterocycles. The monoisotopic (exact) mass is 222 g/mol. The second-order valence-corrected chi connectivity index (χ2v) is 4.21. The van der Waals surface area contributed by atoms with Crippen molar-refractivity contribution in [2.75, 3.05) is 18.9 Å². The quantitative estimate of drug-likeness (QED) is 0.827. The maximum Gasteiger partial charge on any atom is 0.244 e. The summed E-state index contributed by atoms with van der Waals surface area (Å²) in [6.45, 7) is 2.49. The Morgan fingerprint density at radius 2 is 2.25 bits per heavy atom. The summed E-state index contributed by atoms with van der Waals surface area (Å²) in [5.41, 5.74) is 1.39. The standard InChI is InChI=1S/C12H15FN2O/c1-8-7-9(3-4-10(8)13)14-11-5-6-15(2)12(11)16/h3-4,7,11,14H,5-6H2,1-2H3. The lowest BCUT2D eigenvalue weighted by Crippen LogP contribution is -2.30. The first-order valence-electron chi connectivity index (χ1n) is 5.35. The van der Waals surface area contributed by atoms with Gasteiger partial charge >= 0.3 is 0 Å². The minimum Gasteiger partial charge on any atom is -0.374 e. The Balaban J connectivity index is 2.10. The highest BCUT2D eigenvalue weighted by molar-refractivity contribution is 5.86. The van der Waals surface area contributed by atoms with Gasteiger partial charge in [0, 0.05) is 19.3 Å². The third-order valence-corrected chi connectivity index (χ3v) is 2.93. The Morgan fingerprint density at radius 1 is 1.50 bits per heavy atom. The minimum absolute atomic E-state index is 0.0991. The molecule has 1 aromatic rings. The van der Waals surface area contributed by atoms with Crippen LogP contribution in [0.4, 0.5) is 10.1 Å². The summed E-state index contributed by atoms with van der Waals surface area (Å²) in [7, 11) is 1.79. The molecule has 1 aliphatic heterocycles. The molecule has 1 aliphatic rings. The van der Waals surface area contributed by atoms with Crippen LogP contribution < -0.4 is 5.32 Å². The summed E-state index contributed by atoms with van der Waals surface area (Å²) in [4.78, 5) is 13.4. The number of anilines is 1. The molecule has 0 spiro atoms. The highest BCUT2D eigenvalue weighted by Gasteiger charge is 2.28. The number of carbonyl (C=O) groups is 1. The Hall–Kier alpha value is -1.58. The molecular weight excluding hydrogens is 207 g/mol. The summed E-state index contributed by atoms with van der Waals surface area (Å²) in [6.07, 6.45) is 0.797. The van der Waals surface area contributed by atoms with Crippen molar-refractivity contribution in [3.8, 4) is 0 Å². The zero-order valence-electron chi connectivity index (χ0n) is 9.46. The van der Waals surface area contributed by atoms with Crippen LogP contribution in [0.3, 0.4) is 0 Å². The zero-order valence-corrected chi connectivity index (χ0v) is 9.46. The molecular formula is C12H15FN2O. The topological polar surface area (TPSA) is 32.3 Å². The number of aryl methyl sites for hydroxylation is 1. The molecule has 1 heterocycles. The Kier molecular flexibility index (Phi) is 2.81. The molecule has 86 valence electrons. The predicted octanol–water partition coefficient (Wildman–Crippen LogP) is 1.78. The maximum absolute atomic E-state index is 13.0. The molecule has 3 nitrogen and oxygen atoms in total.